The van der Waals surface area contributed by atoms with E-state index in [9.17, 15) is 0 Å². The molecule has 3 heterocycles. The monoisotopic (exact) mass is 743 g/mol. The molecular weight excluding hydrogens is 711 g/mol. The Morgan fingerprint density at radius 2 is 0.707 bits per heavy atom. The molecule has 0 atom stereocenters. The van der Waals surface area contributed by atoms with Gasteiger partial charge in [0.1, 0.15) is 34.2 Å². The van der Waals surface area contributed by atoms with Crippen molar-refractivity contribution in [2.75, 3.05) is 4.90 Å². The molecule has 9 aromatic carbocycles. The quantitative estimate of drug-likeness (QED) is 0.180. The summed E-state index contributed by atoms with van der Waals surface area (Å²) in [5, 5.41) is 2.24. The Kier molecular flexibility index (Phi) is 7.20. The standard InChI is InChI=1S/C54H33NO3/c1-6-16-49-41(11-1)39-28-26-37(32-46(39)43-13-3-8-18-51(43)56-49)55(36-24-21-34(22-25-36)35-23-30-54-48(31-35)45-15-5-10-20-53(45)58-54)38-27-29-40-42-12-2-7-17-50(42)57-52-19-9-4-14-44(52)47(40)33-38/h1-33H. The molecule has 0 unspecified atom stereocenters. The number of hydrogen-bond acceptors (Lipinski definition) is 4. The van der Waals surface area contributed by atoms with Gasteiger partial charge >= 0.3 is 0 Å². The van der Waals surface area contributed by atoms with Crippen LogP contribution in [0.5, 0.6) is 23.0 Å². The summed E-state index contributed by atoms with van der Waals surface area (Å²) in [6, 6.07) is 70.4. The summed E-state index contributed by atoms with van der Waals surface area (Å²) in [6.45, 7) is 0. The van der Waals surface area contributed by atoms with Gasteiger partial charge in [-0.25, -0.2) is 0 Å². The Balaban J connectivity index is 1.05. The van der Waals surface area contributed by atoms with Crippen molar-refractivity contribution in [2.24, 2.45) is 0 Å². The maximum atomic E-state index is 6.56. The van der Waals surface area contributed by atoms with Crippen molar-refractivity contribution in [1.82, 2.24) is 0 Å². The molecule has 4 nitrogen and oxygen atoms in total. The van der Waals surface area contributed by atoms with Gasteiger partial charge in [0.15, 0.2) is 0 Å². The second-order valence-corrected chi connectivity index (χ2v) is 14.8. The van der Waals surface area contributed by atoms with Crippen molar-refractivity contribution in [3.63, 3.8) is 0 Å². The zero-order chi connectivity index (χ0) is 38.2. The molecule has 0 aliphatic carbocycles. The Hall–Kier alpha value is -7.82. The van der Waals surface area contributed by atoms with Crippen LogP contribution in [0.4, 0.5) is 17.1 Å². The zero-order valence-corrected chi connectivity index (χ0v) is 31.2. The van der Waals surface area contributed by atoms with E-state index in [1.54, 1.807) is 0 Å². The van der Waals surface area contributed by atoms with Gasteiger partial charge in [0.2, 0.25) is 0 Å². The lowest BCUT2D eigenvalue weighted by Gasteiger charge is -2.28. The van der Waals surface area contributed by atoms with E-state index >= 15 is 0 Å². The van der Waals surface area contributed by atoms with Crippen LogP contribution >= 0.6 is 0 Å². The molecule has 2 aliphatic rings. The van der Waals surface area contributed by atoms with E-state index in [1.807, 2.05) is 48.5 Å². The van der Waals surface area contributed by atoms with Gasteiger partial charge in [-0.1, -0.05) is 121 Å². The van der Waals surface area contributed by atoms with Gasteiger partial charge in [-0.05, 0) is 112 Å². The lowest BCUT2D eigenvalue weighted by molar-refractivity contribution is 0.487. The second-order valence-electron chi connectivity index (χ2n) is 14.8. The van der Waals surface area contributed by atoms with Crippen LogP contribution in [0.2, 0.25) is 0 Å². The smallest absolute Gasteiger partial charge is 0.135 e. The van der Waals surface area contributed by atoms with Gasteiger partial charge in [0, 0.05) is 50.1 Å². The highest BCUT2D eigenvalue weighted by Crippen LogP contribution is 2.51. The Morgan fingerprint density at radius 3 is 1.26 bits per heavy atom. The number of anilines is 3. The van der Waals surface area contributed by atoms with Crippen molar-refractivity contribution in [1.29, 1.82) is 0 Å². The first-order valence-corrected chi connectivity index (χ1v) is 19.6. The van der Waals surface area contributed by atoms with Crippen LogP contribution in [0, 0.1) is 0 Å². The minimum atomic E-state index is 0.837. The van der Waals surface area contributed by atoms with Gasteiger partial charge < -0.3 is 18.8 Å². The highest BCUT2D eigenvalue weighted by atomic mass is 16.5. The van der Waals surface area contributed by atoms with Crippen LogP contribution in [-0.2, 0) is 0 Å². The first-order valence-electron chi connectivity index (χ1n) is 19.6. The lowest BCUT2D eigenvalue weighted by Crippen LogP contribution is -2.10. The van der Waals surface area contributed by atoms with Crippen LogP contribution in [0.1, 0.15) is 0 Å². The van der Waals surface area contributed by atoms with Crippen LogP contribution in [-0.4, -0.2) is 0 Å². The third-order valence-corrected chi connectivity index (χ3v) is 11.5. The molecule has 10 aromatic rings. The minimum Gasteiger partial charge on any atom is -0.456 e. The van der Waals surface area contributed by atoms with Gasteiger partial charge in [-0.15, -0.1) is 0 Å². The van der Waals surface area contributed by atoms with E-state index in [-0.39, 0.29) is 0 Å². The zero-order valence-electron chi connectivity index (χ0n) is 31.2. The van der Waals surface area contributed by atoms with Crippen LogP contribution < -0.4 is 14.4 Å². The van der Waals surface area contributed by atoms with E-state index < -0.39 is 0 Å². The molecule has 4 heteroatoms. The molecule has 272 valence electrons. The first kappa shape index (κ1) is 32.4. The number of hydrogen-bond donors (Lipinski definition) is 0. The molecule has 0 saturated heterocycles. The number of nitrogens with zero attached hydrogens (tertiary/aromatic N) is 1. The number of fused-ring (bicyclic) bond motifs is 13. The average molecular weight is 744 g/mol. The summed E-state index contributed by atoms with van der Waals surface area (Å²) in [7, 11) is 0. The first-order chi connectivity index (χ1) is 28.7. The molecule has 0 fully saturated rings. The molecule has 0 bridgehead atoms. The van der Waals surface area contributed by atoms with E-state index in [0.29, 0.717) is 0 Å². The van der Waals surface area contributed by atoms with Crippen LogP contribution in [0.25, 0.3) is 77.6 Å². The summed E-state index contributed by atoms with van der Waals surface area (Å²) in [6.07, 6.45) is 0. The fraction of sp³-hybridized carbons (Fsp3) is 0. The number of furan rings is 1. The van der Waals surface area contributed by atoms with Crippen molar-refractivity contribution in [3.05, 3.63) is 200 Å². The maximum absolute atomic E-state index is 6.56. The van der Waals surface area contributed by atoms with E-state index in [4.69, 9.17) is 13.9 Å². The predicted molar refractivity (Wildman–Crippen MR) is 236 cm³/mol. The molecule has 1 aromatic heterocycles. The van der Waals surface area contributed by atoms with Gasteiger partial charge in [-0.3, -0.25) is 0 Å². The summed E-state index contributed by atoms with van der Waals surface area (Å²) in [4.78, 5) is 2.36. The molecule has 12 rings (SSSR count). The molecule has 0 N–H and O–H groups in total. The minimum absolute atomic E-state index is 0.837. The SMILES string of the molecule is c1ccc2c(c1)Oc1ccccc1-c1cc(N(c3ccc(-c4ccc5oc6ccccc6c5c4)cc3)c3ccc4c(c3)-c3ccccc3Oc3ccccc3-4)ccc1-2. The van der Waals surface area contributed by atoms with E-state index in [0.717, 1.165) is 118 Å². The predicted octanol–water partition coefficient (Wildman–Crippen LogP) is 15.6. The van der Waals surface area contributed by atoms with Gasteiger partial charge in [0.25, 0.3) is 0 Å². The number of rotatable bonds is 4. The number of ether oxygens (including phenoxy) is 2. The van der Waals surface area contributed by atoms with E-state index in [2.05, 4.69) is 157 Å². The summed E-state index contributed by atoms with van der Waals surface area (Å²) >= 11 is 0. The third-order valence-electron chi connectivity index (χ3n) is 11.5. The second kappa shape index (κ2) is 12.9. The molecule has 0 radical (unpaired) electrons. The van der Waals surface area contributed by atoms with Crippen LogP contribution in [0.3, 0.4) is 0 Å². The van der Waals surface area contributed by atoms with Crippen molar-refractivity contribution in [3.8, 4) is 78.6 Å². The van der Waals surface area contributed by atoms with Crippen molar-refractivity contribution >= 4 is 39.0 Å². The summed E-state index contributed by atoms with van der Waals surface area (Å²) in [5.74, 6) is 3.37. The summed E-state index contributed by atoms with van der Waals surface area (Å²) < 4.78 is 19.3. The van der Waals surface area contributed by atoms with Crippen LogP contribution in [0.15, 0.2) is 205 Å². The number of para-hydroxylation sites is 5. The molecule has 0 saturated carbocycles. The molecular formula is C54H33NO3. The average Bonchev–Trinajstić information content (AvgIpc) is 3.50. The number of benzene rings is 9. The molecule has 58 heavy (non-hydrogen) atoms. The Bertz CT molecular complexity index is 3110. The fourth-order valence-electron chi connectivity index (χ4n) is 8.76. The normalized spacial score (nSPS) is 12.1. The van der Waals surface area contributed by atoms with E-state index in [1.165, 1.54) is 0 Å². The highest BCUT2D eigenvalue weighted by molar-refractivity contribution is 6.06. The topological polar surface area (TPSA) is 34.8 Å². The summed E-state index contributed by atoms with van der Waals surface area (Å²) in [5.41, 5.74) is 15.9. The largest absolute Gasteiger partial charge is 0.456 e. The Morgan fingerprint density at radius 1 is 0.276 bits per heavy atom. The highest BCUT2D eigenvalue weighted by Gasteiger charge is 2.25. The van der Waals surface area contributed by atoms with Crippen molar-refractivity contribution < 1.29 is 13.9 Å². The molecule has 0 amide bonds. The third kappa shape index (κ3) is 5.16. The fourth-order valence-corrected chi connectivity index (χ4v) is 8.76. The molecule has 0 spiro atoms. The maximum Gasteiger partial charge on any atom is 0.135 e. The van der Waals surface area contributed by atoms with Gasteiger partial charge in [-0.2, -0.15) is 0 Å². The Labute approximate surface area is 335 Å². The van der Waals surface area contributed by atoms with Crippen molar-refractivity contribution in [2.45, 2.75) is 0 Å². The molecule has 2 aliphatic heterocycles. The lowest BCUT2D eigenvalue weighted by atomic mass is 9.92. The van der Waals surface area contributed by atoms with Gasteiger partial charge in [0.05, 0.1) is 0 Å².